The van der Waals surface area contributed by atoms with Crippen LogP contribution in [0.5, 0.6) is 0 Å². The molecule has 2 aromatic heterocycles. The molecule has 0 saturated heterocycles. The van der Waals surface area contributed by atoms with Crippen molar-refractivity contribution in [1.29, 1.82) is 0 Å². The maximum atomic E-state index is 12.7. The normalized spacial score (nSPS) is 19.5. The minimum Gasteiger partial charge on any atom is -0.306 e. The Kier molecular flexibility index (Phi) is 2.61. The van der Waals surface area contributed by atoms with Gasteiger partial charge in [-0.15, -0.1) is 0 Å². The van der Waals surface area contributed by atoms with Gasteiger partial charge < -0.3 is 4.40 Å². The van der Waals surface area contributed by atoms with Crippen molar-refractivity contribution in [3.05, 3.63) is 30.9 Å². The number of alkyl halides is 2. The summed E-state index contributed by atoms with van der Waals surface area (Å²) in [5.74, 6) is -2.75. The van der Waals surface area contributed by atoms with Gasteiger partial charge in [0.1, 0.15) is 0 Å². The smallest absolute Gasteiger partial charge is 0.251 e. The van der Waals surface area contributed by atoms with Crippen LogP contribution in [-0.4, -0.2) is 29.8 Å². The minimum atomic E-state index is -3.76. The second-order valence-corrected chi connectivity index (χ2v) is 6.38. The SMILES string of the molecule is O=S(=O)(NC1CC(F)(F)C1)c1ccn2cncc2c1. The van der Waals surface area contributed by atoms with Gasteiger partial charge in [0.15, 0.2) is 0 Å². The maximum Gasteiger partial charge on any atom is 0.251 e. The van der Waals surface area contributed by atoms with Crippen LogP contribution in [0.4, 0.5) is 8.78 Å². The average Bonchev–Trinajstić information content (AvgIpc) is 2.72. The van der Waals surface area contributed by atoms with Crippen LogP contribution in [-0.2, 0) is 10.0 Å². The van der Waals surface area contributed by atoms with Crippen LogP contribution >= 0.6 is 0 Å². The lowest BCUT2D eigenvalue weighted by Crippen LogP contribution is -2.50. The first-order valence-electron chi connectivity index (χ1n) is 5.68. The molecule has 5 nitrogen and oxygen atoms in total. The summed E-state index contributed by atoms with van der Waals surface area (Å²) in [7, 11) is -3.76. The highest BCUT2D eigenvalue weighted by molar-refractivity contribution is 7.89. The van der Waals surface area contributed by atoms with Crippen molar-refractivity contribution in [1.82, 2.24) is 14.1 Å². The predicted octanol–water partition coefficient (Wildman–Crippen LogP) is 1.41. The zero-order valence-electron chi connectivity index (χ0n) is 9.75. The Morgan fingerprint density at radius 2 is 2.16 bits per heavy atom. The molecule has 0 amide bonds. The number of hydrogen-bond acceptors (Lipinski definition) is 3. The largest absolute Gasteiger partial charge is 0.306 e. The third-order valence-electron chi connectivity index (χ3n) is 3.11. The Bertz CT molecular complexity index is 718. The molecule has 1 fully saturated rings. The maximum absolute atomic E-state index is 12.7. The van der Waals surface area contributed by atoms with Crippen molar-refractivity contribution in [2.24, 2.45) is 0 Å². The van der Waals surface area contributed by atoms with Gasteiger partial charge in [-0.2, -0.15) is 0 Å². The van der Waals surface area contributed by atoms with E-state index in [2.05, 4.69) is 9.71 Å². The molecule has 8 heteroatoms. The van der Waals surface area contributed by atoms with E-state index < -0.39 is 34.8 Å². The molecule has 1 N–H and O–H groups in total. The molecule has 102 valence electrons. The van der Waals surface area contributed by atoms with Crippen molar-refractivity contribution in [3.8, 4) is 0 Å². The minimum absolute atomic E-state index is 0.0516. The van der Waals surface area contributed by atoms with E-state index in [4.69, 9.17) is 0 Å². The zero-order chi connectivity index (χ0) is 13.7. The average molecular weight is 287 g/mol. The van der Waals surface area contributed by atoms with E-state index >= 15 is 0 Å². The molecule has 0 spiro atoms. The van der Waals surface area contributed by atoms with E-state index in [0.717, 1.165) is 0 Å². The molecule has 3 rings (SSSR count). The lowest BCUT2D eigenvalue weighted by atomic mass is 9.89. The van der Waals surface area contributed by atoms with E-state index in [-0.39, 0.29) is 4.90 Å². The first kappa shape index (κ1) is 12.5. The Labute approximate surface area is 108 Å². The second kappa shape index (κ2) is 3.97. The van der Waals surface area contributed by atoms with E-state index in [1.807, 2.05) is 0 Å². The molecule has 1 aliphatic rings. The van der Waals surface area contributed by atoms with Crippen molar-refractivity contribution in [2.75, 3.05) is 0 Å². The molecule has 0 aliphatic heterocycles. The fraction of sp³-hybridized carbons (Fsp3) is 0.364. The number of pyridine rings is 1. The van der Waals surface area contributed by atoms with Crippen molar-refractivity contribution >= 4 is 15.5 Å². The molecule has 0 bridgehead atoms. The molecule has 1 saturated carbocycles. The number of nitrogens with zero attached hydrogens (tertiary/aromatic N) is 2. The van der Waals surface area contributed by atoms with Crippen LogP contribution in [0.3, 0.4) is 0 Å². The van der Waals surface area contributed by atoms with Crippen LogP contribution < -0.4 is 4.72 Å². The fourth-order valence-corrected chi connectivity index (χ4v) is 3.36. The third kappa shape index (κ3) is 2.33. The van der Waals surface area contributed by atoms with Gasteiger partial charge in [-0.05, 0) is 12.1 Å². The molecule has 0 atom stereocenters. The highest BCUT2D eigenvalue weighted by atomic mass is 32.2. The fourth-order valence-electron chi connectivity index (χ4n) is 2.10. The Morgan fingerprint density at radius 1 is 1.42 bits per heavy atom. The predicted molar refractivity (Wildman–Crippen MR) is 63.5 cm³/mol. The van der Waals surface area contributed by atoms with Crippen molar-refractivity contribution in [3.63, 3.8) is 0 Å². The van der Waals surface area contributed by atoms with E-state index in [1.54, 1.807) is 16.9 Å². The van der Waals surface area contributed by atoms with E-state index in [0.29, 0.717) is 5.52 Å². The number of aromatic nitrogens is 2. The molecule has 0 aromatic carbocycles. The number of fused-ring (bicyclic) bond motifs is 1. The first-order chi connectivity index (χ1) is 8.86. The molecule has 0 unspecified atom stereocenters. The van der Waals surface area contributed by atoms with Crippen molar-refractivity contribution in [2.45, 2.75) is 29.7 Å². The number of halogens is 2. The van der Waals surface area contributed by atoms with Crippen LogP contribution in [0.1, 0.15) is 12.8 Å². The van der Waals surface area contributed by atoms with Gasteiger partial charge in [-0.25, -0.2) is 26.9 Å². The van der Waals surface area contributed by atoms with Crippen molar-refractivity contribution < 1.29 is 17.2 Å². The van der Waals surface area contributed by atoms with Crippen LogP contribution in [0, 0.1) is 0 Å². The number of sulfonamides is 1. The van der Waals surface area contributed by atoms with Gasteiger partial charge >= 0.3 is 0 Å². The number of rotatable bonds is 3. The summed E-state index contributed by atoms with van der Waals surface area (Å²) >= 11 is 0. The second-order valence-electron chi connectivity index (χ2n) is 4.67. The van der Waals surface area contributed by atoms with Gasteiger partial charge in [0, 0.05) is 25.1 Å². The number of nitrogens with one attached hydrogen (secondary N) is 1. The molecule has 1 aliphatic carbocycles. The molecule has 0 radical (unpaired) electrons. The third-order valence-corrected chi connectivity index (χ3v) is 4.63. The molecular formula is C11H11F2N3O2S. The summed E-state index contributed by atoms with van der Waals surface area (Å²) in [5, 5.41) is 0. The standard InChI is InChI=1S/C11H11F2N3O2S/c12-11(13)4-8(5-11)15-19(17,18)10-1-2-16-7-14-6-9(16)3-10/h1-3,6-8,15H,4-5H2. The Morgan fingerprint density at radius 3 is 2.84 bits per heavy atom. The summed E-state index contributed by atoms with van der Waals surface area (Å²) < 4.78 is 53.4. The van der Waals surface area contributed by atoms with Gasteiger partial charge in [0.05, 0.1) is 22.9 Å². The summed E-state index contributed by atoms with van der Waals surface area (Å²) in [6.45, 7) is 0. The van der Waals surface area contributed by atoms with E-state index in [1.165, 1.54) is 18.3 Å². The summed E-state index contributed by atoms with van der Waals surface area (Å²) in [6, 6.07) is 2.17. The number of imidazole rings is 1. The summed E-state index contributed by atoms with van der Waals surface area (Å²) in [5.41, 5.74) is 0.627. The number of hydrogen-bond donors (Lipinski definition) is 1. The topological polar surface area (TPSA) is 63.5 Å². The summed E-state index contributed by atoms with van der Waals surface area (Å²) in [4.78, 5) is 3.93. The quantitative estimate of drug-likeness (QED) is 0.928. The van der Waals surface area contributed by atoms with Gasteiger partial charge in [0.2, 0.25) is 10.0 Å². The van der Waals surface area contributed by atoms with Gasteiger partial charge in [0.25, 0.3) is 5.92 Å². The highest BCUT2D eigenvalue weighted by Gasteiger charge is 2.46. The highest BCUT2D eigenvalue weighted by Crippen LogP contribution is 2.38. The molecule has 19 heavy (non-hydrogen) atoms. The molecule has 2 aromatic rings. The first-order valence-corrected chi connectivity index (χ1v) is 7.16. The zero-order valence-corrected chi connectivity index (χ0v) is 10.6. The summed E-state index contributed by atoms with van der Waals surface area (Å²) in [6.07, 6.45) is 3.75. The Hall–Kier alpha value is -1.54. The molecule has 2 heterocycles. The van der Waals surface area contributed by atoms with Crippen LogP contribution in [0.2, 0.25) is 0 Å². The van der Waals surface area contributed by atoms with Gasteiger partial charge in [-0.3, -0.25) is 0 Å². The lowest BCUT2D eigenvalue weighted by Gasteiger charge is -2.34. The van der Waals surface area contributed by atoms with Gasteiger partial charge in [-0.1, -0.05) is 0 Å². The monoisotopic (exact) mass is 287 g/mol. The van der Waals surface area contributed by atoms with Crippen LogP contribution in [0.15, 0.2) is 35.7 Å². The lowest BCUT2D eigenvalue weighted by molar-refractivity contribution is -0.0876. The van der Waals surface area contributed by atoms with E-state index in [9.17, 15) is 17.2 Å². The Balaban J connectivity index is 1.83. The van der Waals surface area contributed by atoms with Crippen LogP contribution in [0.25, 0.3) is 5.52 Å². The molecular weight excluding hydrogens is 276 g/mol.